The summed E-state index contributed by atoms with van der Waals surface area (Å²) < 4.78 is 22.4. The molecule has 1 atom stereocenters. The second-order valence-corrected chi connectivity index (χ2v) is 5.52. The second-order valence-electron chi connectivity index (χ2n) is 3.04. The monoisotopic (exact) mass is 180 g/mol. The zero-order valence-corrected chi connectivity index (χ0v) is 8.06. The summed E-state index contributed by atoms with van der Waals surface area (Å²) in [6.07, 6.45) is 0. The van der Waals surface area contributed by atoms with Gasteiger partial charge in [0, 0.05) is 0 Å². The van der Waals surface area contributed by atoms with E-state index in [0.717, 1.165) is 0 Å². The quantitative estimate of drug-likeness (QED) is 0.683. The highest BCUT2D eigenvalue weighted by atomic mass is 32.2. The number of aliphatic hydroxyl groups excluding tert-OH is 1. The standard InChI is InChI=1S/C7H16O3S/c1-6(2)7(3)11(9,10)5-4-8/h6-8H,4-5H2,1-3H3. The van der Waals surface area contributed by atoms with Crippen molar-refractivity contribution in [2.45, 2.75) is 26.0 Å². The van der Waals surface area contributed by atoms with Crippen LogP contribution >= 0.6 is 0 Å². The van der Waals surface area contributed by atoms with Gasteiger partial charge in [-0.2, -0.15) is 0 Å². The third-order valence-electron chi connectivity index (χ3n) is 1.88. The highest BCUT2D eigenvalue weighted by Crippen LogP contribution is 2.11. The van der Waals surface area contributed by atoms with Crippen LogP contribution in [0, 0.1) is 5.92 Å². The Bertz CT molecular complexity index is 194. The first-order valence-electron chi connectivity index (χ1n) is 3.74. The van der Waals surface area contributed by atoms with Gasteiger partial charge in [-0.1, -0.05) is 13.8 Å². The third kappa shape index (κ3) is 3.20. The van der Waals surface area contributed by atoms with E-state index in [1.165, 1.54) is 0 Å². The van der Waals surface area contributed by atoms with E-state index in [1.54, 1.807) is 6.92 Å². The molecule has 0 fully saturated rings. The summed E-state index contributed by atoms with van der Waals surface area (Å²) in [7, 11) is -3.06. The van der Waals surface area contributed by atoms with Crippen molar-refractivity contribution in [3.63, 3.8) is 0 Å². The Morgan fingerprint density at radius 3 is 2.00 bits per heavy atom. The SMILES string of the molecule is CC(C)C(C)S(=O)(=O)CCO. The predicted octanol–water partition coefficient (Wildman–Crippen LogP) is 0.438. The van der Waals surface area contributed by atoms with Crippen LogP contribution in [0.5, 0.6) is 0 Å². The molecule has 0 heterocycles. The van der Waals surface area contributed by atoms with Crippen molar-refractivity contribution in [2.75, 3.05) is 12.4 Å². The first-order valence-corrected chi connectivity index (χ1v) is 5.45. The van der Waals surface area contributed by atoms with Crippen molar-refractivity contribution in [2.24, 2.45) is 5.92 Å². The molecule has 0 aliphatic carbocycles. The van der Waals surface area contributed by atoms with Gasteiger partial charge < -0.3 is 5.11 Å². The number of hydrogen-bond donors (Lipinski definition) is 1. The molecule has 0 spiro atoms. The molecule has 1 N–H and O–H groups in total. The average Bonchev–Trinajstić information content (AvgIpc) is 1.86. The molecule has 3 nitrogen and oxygen atoms in total. The van der Waals surface area contributed by atoms with Crippen molar-refractivity contribution < 1.29 is 13.5 Å². The van der Waals surface area contributed by atoms with Crippen LogP contribution in [-0.2, 0) is 9.84 Å². The Morgan fingerprint density at radius 2 is 1.73 bits per heavy atom. The van der Waals surface area contributed by atoms with E-state index >= 15 is 0 Å². The van der Waals surface area contributed by atoms with E-state index < -0.39 is 9.84 Å². The van der Waals surface area contributed by atoms with Gasteiger partial charge in [0.1, 0.15) is 0 Å². The van der Waals surface area contributed by atoms with Gasteiger partial charge in [-0.3, -0.25) is 0 Å². The lowest BCUT2D eigenvalue weighted by molar-refractivity contribution is 0.319. The fourth-order valence-corrected chi connectivity index (χ4v) is 2.18. The zero-order valence-electron chi connectivity index (χ0n) is 7.24. The molecule has 0 aromatic heterocycles. The molecular formula is C7H16O3S. The van der Waals surface area contributed by atoms with Gasteiger partial charge in [-0.25, -0.2) is 8.42 Å². The van der Waals surface area contributed by atoms with Gasteiger partial charge >= 0.3 is 0 Å². The zero-order chi connectivity index (χ0) is 9.07. The minimum absolute atomic E-state index is 0.117. The van der Waals surface area contributed by atoms with Crippen molar-refractivity contribution in [1.82, 2.24) is 0 Å². The first-order chi connectivity index (χ1) is 4.91. The average molecular weight is 180 g/mol. The van der Waals surface area contributed by atoms with Gasteiger partial charge in [0.25, 0.3) is 0 Å². The van der Waals surface area contributed by atoms with Gasteiger partial charge in [0.15, 0.2) is 9.84 Å². The minimum atomic E-state index is -3.06. The highest BCUT2D eigenvalue weighted by molar-refractivity contribution is 7.92. The highest BCUT2D eigenvalue weighted by Gasteiger charge is 2.22. The molecule has 11 heavy (non-hydrogen) atoms. The maximum absolute atomic E-state index is 11.2. The maximum atomic E-state index is 11.2. The van der Waals surface area contributed by atoms with E-state index in [4.69, 9.17) is 5.11 Å². The molecule has 0 saturated carbocycles. The number of hydrogen-bond acceptors (Lipinski definition) is 3. The van der Waals surface area contributed by atoms with E-state index in [0.29, 0.717) is 0 Å². The van der Waals surface area contributed by atoms with Gasteiger partial charge in [-0.15, -0.1) is 0 Å². The van der Waals surface area contributed by atoms with E-state index in [1.807, 2.05) is 13.8 Å². The Hall–Kier alpha value is -0.0900. The second kappa shape index (κ2) is 4.07. The van der Waals surface area contributed by atoms with Crippen molar-refractivity contribution >= 4 is 9.84 Å². The summed E-state index contributed by atoms with van der Waals surface area (Å²) in [5, 5.41) is 8.10. The Kier molecular flexibility index (Phi) is 4.03. The molecule has 4 heteroatoms. The van der Waals surface area contributed by atoms with Crippen LogP contribution in [0.25, 0.3) is 0 Å². The van der Waals surface area contributed by atoms with Crippen molar-refractivity contribution in [1.29, 1.82) is 0 Å². The van der Waals surface area contributed by atoms with Gasteiger partial charge in [0.2, 0.25) is 0 Å². The summed E-state index contributed by atoms with van der Waals surface area (Å²) >= 11 is 0. The van der Waals surface area contributed by atoms with Gasteiger partial charge in [0.05, 0.1) is 17.6 Å². The molecule has 0 aromatic carbocycles. The molecule has 0 rings (SSSR count). The molecule has 1 unspecified atom stereocenters. The Labute approximate surface area is 68.3 Å². The predicted molar refractivity (Wildman–Crippen MR) is 45.2 cm³/mol. The van der Waals surface area contributed by atoms with Crippen molar-refractivity contribution in [3.8, 4) is 0 Å². The van der Waals surface area contributed by atoms with Crippen LogP contribution in [-0.4, -0.2) is 31.1 Å². The van der Waals surface area contributed by atoms with E-state index in [9.17, 15) is 8.42 Å². The lowest BCUT2D eigenvalue weighted by atomic mass is 10.2. The first kappa shape index (κ1) is 10.9. The molecule has 0 bridgehead atoms. The van der Waals surface area contributed by atoms with Crippen LogP contribution < -0.4 is 0 Å². The van der Waals surface area contributed by atoms with Crippen LogP contribution in [0.15, 0.2) is 0 Å². The molecule has 0 aliphatic heterocycles. The molecule has 0 radical (unpaired) electrons. The van der Waals surface area contributed by atoms with Crippen LogP contribution in [0.3, 0.4) is 0 Å². The number of aliphatic hydroxyl groups is 1. The summed E-state index contributed by atoms with van der Waals surface area (Å²) in [5.74, 6) is -0.00153. The fraction of sp³-hybridized carbons (Fsp3) is 1.00. The molecule has 0 aromatic rings. The summed E-state index contributed by atoms with van der Waals surface area (Å²) in [6, 6.07) is 0. The summed E-state index contributed by atoms with van der Waals surface area (Å²) in [6.45, 7) is 5.12. The smallest absolute Gasteiger partial charge is 0.155 e. The van der Waals surface area contributed by atoms with Crippen LogP contribution in [0.1, 0.15) is 20.8 Å². The van der Waals surface area contributed by atoms with E-state index in [2.05, 4.69) is 0 Å². The lowest BCUT2D eigenvalue weighted by Gasteiger charge is -2.14. The molecule has 0 saturated heterocycles. The van der Waals surface area contributed by atoms with Crippen LogP contribution in [0.2, 0.25) is 0 Å². The third-order valence-corrected chi connectivity index (χ3v) is 4.31. The van der Waals surface area contributed by atoms with Crippen LogP contribution in [0.4, 0.5) is 0 Å². The van der Waals surface area contributed by atoms with E-state index in [-0.39, 0.29) is 23.5 Å². The topological polar surface area (TPSA) is 54.4 Å². The summed E-state index contributed by atoms with van der Waals surface area (Å²) in [5.41, 5.74) is 0. The molecule has 68 valence electrons. The molecular weight excluding hydrogens is 164 g/mol. The Morgan fingerprint density at radius 1 is 1.27 bits per heavy atom. The Balaban J connectivity index is 4.31. The normalized spacial score (nSPS) is 15.4. The summed E-state index contributed by atoms with van der Waals surface area (Å²) in [4.78, 5) is 0. The van der Waals surface area contributed by atoms with Gasteiger partial charge in [-0.05, 0) is 12.8 Å². The molecule has 0 amide bonds. The maximum Gasteiger partial charge on any atom is 0.155 e. The minimum Gasteiger partial charge on any atom is -0.395 e. The largest absolute Gasteiger partial charge is 0.395 e. The van der Waals surface area contributed by atoms with Crippen molar-refractivity contribution in [3.05, 3.63) is 0 Å². The molecule has 0 aliphatic rings. The number of sulfone groups is 1. The fourth-order valence-electron chi connectivity index (χ4n) is 0.728. The number of rotatable bonds is 4. The lowest BCUT2D eigenvalue weighted by Crippen LogP contribution is -2.27.